The van der Waals surface area contributed by atoms with Crippen LogP contribution in [0.2, 0.25) is 0 Å². The Morgan fingerprint density at radius 3 is 2.80 bits per heavy atom. The Bertz CT molecular complexity index is 504. The number of sulfonamides is 1. The van der Waals surface area contributed by atoms with Crippen molar-refractivity contribution in [2.45, 2.75) is 25.9 Å². The number of nitrogens with zero attached hydrogens (tertiary/aromatic N) is 3. The van der Waals surface area contributed by atoms with E-state index in [4.69, 9.17) is 0 Å². The van der Waals surface area contributed by atoms with Gasteiger partial charge in [-0.05, 0) is 25.4 Å². The van der Waals surface area contributed by atoms with Crippen LogP contribution in [-0.2, 0) is 21.4 Å². The van der Waals surface area contributed by atoms with Gasteiger partial charge in [-0.3, -0.25) is 4.79 Å². The minimum atomic E-state index is -3.44. The number of H-pyrrole nitrogens is 1. The van der Waals surface area contributed by atoms with E-state index in [0.29, 0.717) is 18.0 Å². The molecule has 3 N–H and O–H groups in total. The molecule has 0 fully saturated rings. The molecule has 1 unspecified atom stereocenters. The first kappa shape index (κ1) is 16.9. The lowest BCUT2D eigenvalue weighted by Gasteiger charge is -2.17. The summed E-state index contributed by atoms with van der Waals surface area (Å²) < 4.78 is 25.5. The molecule has 9 nitrogen and oxygen atoms in total. The number of thioether (sulfide) groups is 1. The number of nitrogens with one attached hydrogen (secondary N) is 3. The summed E-state index contributed by atoms with van der Waals surface area (Å²) in [6.07, 6.45) is 2.31. The second-order valence-electron chi connectivity index (χ2n) is 3.90. The van der Waals surface area contributed by atoms with E-state index in [1.165, 1.54) is 6.92 Å². The smallest absolute Gasteiger partial charge is 0.238 e. The maximum atomic E-state index is 12.0. The fraction of sp³-hybridized carbons (Fsp3) is 0.778. The third-order valence-corrected chi connectivity index (χ3v) is 4.49. The summed E-state index contributed by atoms with van der Waals surface area (Å²) in [5, 5.41) is 15.6. The number of rotatable bonds is 9. The van der Waals surface area contributed by atoms with Crippen molar-refractivity contribution in [1.29, 1.82) is 0 Å². The van der Waals surface area contributed by atoms with Gasteiger partial charge in [0.2, 0.25) is 15.9 Å². The lowest BCUT2D eigenvalue weighted by atomic mass is 10.2. The summed E-state index contributed by atoms with van der Waals surface area (Å²) in [6, 6.07) is -0.792. The van der Waals surface area contributed by atoms with Crippen molar-refractivity contribution in [3.63, 3.8) is 0 Å². The molecule has 0 aliphatic carbocycles. The Labute approximate surface area is 121 Å². The van der Waals surface area contributed by atoms with Crippen molar-refractivity contribution in [2.75, 3.05) is 17.8 Å². The molecule has 0 spiro atoms. The molecule has 0 saturated heterocycles. The van der Waals surface area contributed by atoms with Gasteiger partial charge in [0.05, 0.1) is 12.3 Å². The molecular formula is C9H18N6O3S2. The lowest BCUT2D eigenvalue weighted by molar-refractivity contribution is -0.122. The summed E-state index contributed by atoms with van der Waals surface area (Å²) in [6.45, 7) is 1.62. The zero-order valence-electron chi connectivity index (χ0n) is 11.3. The molecule has 1 aromatic rings. The molecule has 20 heavy (non-hydrogen) atoms. The van der Waals surface area contributed by atoms with E-state index in [0.717, 1.165) is 0 Å². The van der Waals surface area contributed by atoms with E-state index in [-0.39, 0.29) is 12.3 Å². The molecule has 0 aromatic carbocycles. The highest BCUT2D eigenvalue weighted by Crippen LogP contribution is 2.03. The molecular weight excluding hydrogens is 304 g/mol. The topological polar surface area (TPSA) is 130 Å². The monoisotopic (exact) mass is 322 g/mol. The molecule has 11 heteroatoms. The second kappa shape index (κ2) is 8.17. The van der Waals surface area contributed by atoms with Crippen molar-refractivity contribution in [2.24, 2.45) is 0 Å². The third kappa shape index (κ3) is 5.84. The number of aromatic amines is 1. The number of hydrogen-bond acceptors (Lipinski definition) is 7. The lowest BCUT2D eigenvalue weighted by Crippen LogP contribution is -2.47. The highest BCUT2D eigenvalue weighted by Gasteiger charge is 2.23. The number of amides is 1. The zero-order valence-corrected chi connectivity index (χ0v) is 12.9. The first-order valence-corrected chi connectivity index (χ1v) is 9.02. The van der Waals surface area contributed by atoms with Crippen LogP contribution >= 0.6 is 11.8 Å². The van der Waals surface area contributed by atoms with Crippen LogP contribution in [0.4, 0.5) is 0 Å². The average molecular weight is 322 g/mol. The minimum absolute atomic E-state index is 0.0686. The summed E-state index contributed by atoms with van der Waals surface area (Å²) in [5.74, 6) is 0.536. The predicted molar refractivity (Wildman–Crippen MR) is 75.4 cm³/mol. The quantitative estimate of drug-likeness (QED) is 0.525. The van der Waals surface area contributed by atoms with Crippen molar-refractivity contribution in [3.05, 3.63) is 5.82 Å². The van der Waals surface area contributed by atoms with Crippen molar-refractivity contribution in [1.82, 2.24) is 30.7 Å². The molecule has 1 rings (SSSR count). The SMILES string of the molecule is CCS(=O)(=O)NC(CCSC)C(=O)NCc1nn[nH]n1. The van der Waals surface area contributed by atoms with E-state index in [1.54, 1.807) is 11.8 Å². The Hall–Kier alpha value is -1.20. The summed E-state index contributed by atoms with van der Waals surface area (Å²) in [7, 11) is -3.44. The molecule has 0 aliphatic heterocycles. The standard InChI is InChI=1S/C9H18N6O3S2/c1-3-20(17,18)13-7(4-5-19-2)9(16)10-6-8-11-14-15-12-8/h7,13H,3-6H2,1-2H3,(H,10,16)(H,11,12,14,15). The first-order valence-electron chi connectivity index (χ1n) is 5.97. The van der Waals surface area contributed by atoms with Crippen LogP contribution in [0, 0.1) is 0 Å². The van der Waals surface area contributed by atoms with Crippen LogP contribution in [0.5, 0.6) is 0 Å². The fourth-order valence-electron chi connectivity index (χ4n) is 1.33. The summed E-state index contributed by atoms with van der Waals surface area (Å²) >= 11 is 1.54. The van der Waals surface area contributed by atoms with E-state index in [1.807, 2.05) is 6.26 Å². The number of carbonyl (C=O) groups is 1. The van der Waals surface area contributed by atoms with Gasteiger partial charge in [0, 0.05) is 0 Å². The molecule has 1 aromatic heterocycles. The molecule has 0 aliphatic rings. The first-order chi connectivity index (χ1) is 9.48. The van der Waals surface area contributed by atoms with Gasteiger partial charge in [-0.25, -0.2) is 13.1 Å². The maximum Gasteiger partial charge on any atom is 0.238 e. The van der Waals surface area contributed by atoms with Crippen molar-refractivity contribution in [3.8, 4) is 0 Å². The van der Waals surface area contributed by atoms with Crippen LogP contribution in [0.25, 0.3) is 0 Å². The van der Waals surface area contributed by atoms with Crippen LogP contribution in [0.15, 0.2) is 0 Å². The van der Waals surface area contributed by atoms with E-state index in [2.05, 4.69) is 30.7 Å². The zero-order chi connectivity index (χ0) is 15.0. The van der Waals surface area contributed by atoms with Gasteiger partial charge in [0.25, 0.3) is 0 Å². The second-order valence-corrected chi connectivity index (χ2v) is 6.93. The highest BCUT2D eigenvalue weighted by atomic mass is 32.2. The maximum absolute atomic E-state index is 12.0. The molecule has 1 amide bonds. The predicted octanol–water partition coefficient (Wildman–Crippen LogP) is -1.12. The molecule has 114 valence electrons. The molecule has 1 atom stereocenters. The number of tetrazole rings is 1. The van der Waals surface area contributed by atoms with Gasteiger partial charge >= 0.3 is 0 Å². The van der Waals surface area contributed by atoms with Crippen LogP contribution < -0.4 is 10.0 Å². The van der Waals surface area contributed by atoms with E-state index >= 15 is 0 Å². The van der Waals surface area contributed by atoms with Crippen molar-refractivity contribution >= 4 is 27.7 Å². The van der Waals surface area contributed by atoms with Crippen LogP contribution in [-0.4, -0.2) is 58.8 Å². The molecule has 0 radical (unpaired) electrons. The van der Waals surface area contributed by atoms with Crippen molar-refractivity contribution < 1.29 is 13.2 Å². The van der Waals surface area contributed by atoms with Gasteiger partial charge in [-0.2, -0.15) is 17.0 Å². The number of carbonyl (C=O) groups excluding carboxylic acids is 1. The van der Waals surface area contributed by atoms with Gasteiger partial charge in [-0.1, -0.05) is 5.21 Å². The molecule has 0 saturated carbocycles. The minimum Gasteiger partial charge on any atom is -0.347 e. The van der Waals surface area contributed by atoms with Crippen LogP contribution in [0.3, 0.4) is 0 Å². The average Bonchev–Trinajstić information content (AvgIpc) is 2.94. The van der Waals surface area contributed by atoms with E-state index in [9.17, 15) is 13.2 Å². The normalized spacial score (nSPS) is 13.1. The highest BCUT2D eigenvalue weighted by molar-refractivity contribution is 7.98. The molecule has 1 heterocycles. The third-order valence-electron chi connectivity index (χ3n) is 2.44. The van der Waals surface area contributed by atoms with Gasteiger partial charge < -0.3 is 5.32 Å². The summed E-state index contributed by atoms with van der Waals surface area (Å²) in [4.78, 5) is 12.0. The fourth-order valence-corrected chi connectivity index (χ4v) is 2.62. The number of aromatic nitrogens is 4. The Morgan fingerprint density at radius 1 is 1.50 bits per heavy atom. The van der Waals surface area contributed by atoms with Gasteiger partial charge in [-0.15, -0.1) is 10.2 Å². The Morgan fingerprint density at radius 2 is 2.25 bits per heavy atom. The Balaban J connectivity index is 2.59. The van der Waals surface area contributed by atoms with E-state index < -0.39 is 22.0 Å². The Kier molecular flexibility index (Phi) is 6.88. The largest absolute Gasteiger partial charge is 0.347 e. The number of hydrogen-bond donors (Lipinski definition) is 3. The van der Waals surface area contributed by atoms with Gasteiger partial charge in [0.15, 0.2) is 5.82 Å². The molecule has 0 bridgehead atoms. The van der Waals surface area contributed by atoms with Crippen LogP contribution in [0.1, 0.15) is 19.2 Å². The summed E-state index contributed by atoms with van der Waals surface area (Å²) in [5.41, 5.74) is 0. The van der Waals surface area contributed by atoms with Gasteiger partial charge in [0.1, 0.15) is 6.04 Å².